The molecule has 1 fully saturated rings. The van der Waals surface area contributed by atoms with E-state index in [2.05, 4.69) is 5.32 Å². The molecule has 1 aliphatic carbocycles. The Bertz CT molecular complexity index is 240. The predicted molar refractivity (Wildman–Crippen MR) is 55.6 cm³/mol. The molecule has 0 aromatic rings. The predicted octanol–water partition coefficient (Wildman–Crippen LogP) is -1.42. The lowest BCUT2D eigenvalue weighted by Crippen LogP contribution is -2.38. The highest BCUT2D eigenvalue weighted by molar-refractivity contribution is 5.79. The second-order valence-corrected chi connectivity index (χ2v) is 3.90. The Kier molecular flexibility index (Phi) is 4.51. The van der Waals surface area contributed by atoms with E-state index in [9.17, 15) is 9.59 Å². The summed E-state index contributed by atoms with van der Waals surface area (Å²) in [5, 5.41) is 2.88. The third-order valence-electron chi connectivity index (χ3n) is 2.24. The van der Waals surface area contributed by atoms with Crippen LogP contribution in [-0.2, 0) is 9.59 Å². The maximum absolute atomic E-state index is 11.3. The van der Waals surface area contributed by atoms with E-state index < -0.39 is 0 Å². The minimum Gasteiger partial charge on any atom is -0.352 e. The van der Waals surface area contributed by atoms with Crippen LogP contribution in [0.25, 0.3) is 0 Å². The van der Waals surface area contributed by atoms with Gasteiger partial charge < -0.3 is 5.32 Å². The number of hydrazine groups is 1. The Hall–Kier alpha value is -1.14. The summed E-state index contributed by atoms with van der Waals surface area (Å²) in [6, 6.07) is 0.387. The summed E-state index contributed by atoms with van der Waals surface area (Å²) in [6.45, 7) is 0.857. The number of carbonyl (C=O) groups excluding carboxylic acids is 2. The summed E-state index contributed by atoms with van der Waals surface area (Å²) in [4.78, 5) is 24.0. The van der Waals surface area contributed by atoms with Gasteiger partial charge in [0.1, 0.15) is 0 Å². The number of nitrogens with zero attached hydrogens (tertiary/aromatic N) is 1. The zero-order chi connectivity index (χ0) is 11.3. The first-order valence-electron chi connectivity index (χ1n) is 5.09. The van der Waals surface area contributed by atoms with E-state index in [0.717, 1.165) is 12.8 Å². The maximum Gasteiger partial charge on any atom is 0.235 e. The topological polar surface area (TPSA) is 87.5 Å². The number of carbonyl (C=O) groups is 2. The third kappa shape index (κ3) is 5.34. The Morgan fingerprint density at radius 2 is 2.07 bits per heavy atom. The minimum absolute atomic E-state index is 0.0214. The molecule has 0 heterocycles. The van der Waals surface area contributed by atoms with Crippen molar-refractivity contribution in [2.75, 3.05) is 20.1 Å². The van der Waals surface area contributed by atoms with Crippen molar-refractivity contribution < 1.29 is 9.59 Å². The van der Waals surface area contributed by atoms with E-state index in [-0.39, 0.29) is 11.8 Å². The molecule has 1 rings (SSSR count). The van der Waals surface area contributed by atoms with Crippen LogP contribution in [0.2, 0.25) is 0 Å². The van der Waals surface area contributed by atoms with E-state index >= 15 is 0 Å². The molecule has 1 saturated carbocycles. The number of likely N-dealkylation sites (N-methyl/N-ethyl adjacent to an activating group) is 1. The van der Waals surface area contributed by atoms with E-state index in [1.165, 1.54) is 0 Å². The molecule has 0 aromatic carbocycles. The normalized spacial score (nSPS) is 15.1. The molecule has 0 unspecified atom stereocenters. The Morgan fingerprint density at radius 3 is 2.60 bits per heavy atom. The molecule has 6 nitrogen and oxygen atoms in total. The highest BCUT2D eigenvalue weighted by atomic mass is 16.2. The van der Waals surface area contributed by atoms with Gasteiger partial charge in [-0.25, -0.2) is 5.84 Å². The second-order valence-electron chi connectivity index (χ2n) is 3.90. The number of hydrogen-bond acceptors (Lipinski definition) is 4. The fourth-order valence-electron chi connectivity index (χ4n) is 1.19. The number of rotatable bonds is 6. The molecular formula is C9H18N4O2. The molecule has 1 aliphatic rings. The fraction of sp³-hybridized carbons (Fsp3) is 0.778. The second kappa shape index (κ2) is 5.67. The van der Waals surface area contributed by atoms with Crippen LogP contribution >= 0.6 is 0 Å². The highest BCUT2D eigenvalue weighted by Crippen LogP contribution is 2.18. The standard InChI is InChI=1S/C9H18N4O2/c1-13(5-4-8(14)12-10)6-9(15)11-7-2-3-7/h7H,2-6,10H2,1H3,(H,11,15)(H,12,14). The van der Waals surface area contributed by atoms with Gasteiger partial charge in [-0.2, -0.15) is 0 Å². The smallest absolute Gasteiger partial charge is 0.235 e. The van der Waals surface area contributed by atoms with Crippen LogP contribution < -0.4 is 16.6 Å². The van der Waals surface area contributed by atoms with Crippen LogP contribution in [0, 0.1) is 0 Å². The molecule has 0 aromatic heterocycles. The summed E-state index contributed by atoms with van der Waals surface area (Å²) in [7, 11) is 1.80. The molecule has 2 amide bonds. The molecule has 4 N–H and O–H groups in total. The minimum atomic E-state index is -0.218. The average molecular weight is 214 g/mol. The van der Waals surface area contributed by atoms with Crippen molar-refractivity contribution in [1.82, 2.24) is 15.6 Å². The van der Waals surface area contributed by atoms with Gasteiger partial charge in [-0.3, -0.25) is 19.9 Å². The van der Waals surface area contributed by atoms with Crippen LogP contribution in [-0.4, -0.2) is 42.9 Å². The Balaban J connectivity index is 2.08. The lowest BCUT2D eigenvalue weighted by molar-refractivity contribution is -0.124. The molecule has 0 spiro atoms. The van der Waals surface area contributed by atoms with Crippen LogP contribution in [0.3, 0.4) is 0 Å². The van der Waals surface area contributed by atoms with Crippen molar-refractivity contribution in [3.63, 3.8) is 0 Å². The van der Waals surface area contributed by atoms with Gasteiger partial charge in [0, 0.05) is 19.0 Å². The van der Waals surface area contributed by atoms with Crippen molar-refractivity contribution in [2.45, 2.75) is 25.3 Å². The number of amides is 2. The number of nitrogens with two attached hydrogens (primary N) is 1. The number of hydrogen-bond donors (Lipinski definition) is 3. The lowest BCUT2D eigenvalue weighted by atomic mass is 10.3. The van der Waals surface area contributed by atoms with Gasteiger partial charge in [-0.1, -0.05) is 0 Å². The van der Waals surface area contributed by atoms with Gasteiger partial charge in [0.2, 0.25) is 11.8 Å². The van der Waals surface area contributed by atoms with Gasteiger partial charge in [0.15, 0.2) is 0 Å². The van der Waals surface area contributed by atoms with Crippen LogP contribution in [0.5, 0.6) is 0 Å². The number of nitrogens with one attached hydrogen (secondary N) is 2. The van der Waals surface area contributed by atoms with E-state index in [1.54, 1.807) is 11.9 Å². The van der Waals surface area contributed by atoms with Crippen molar-refractivity contribution in [2.24, 2.45) is 5.84 Å². The SMILES string of the molecule is CN(CCC(=O)NN)CC(=O)NC1CC1. The van der Waals surface area contributed by atoms with E-state index in [4.69, 9.17) is 5.84 Å². The van der Waals surface area contributed by atoms with Crippen LogP contribution in [0.1, 0.15) is 19.3 Å². The van der Waals surface area contributed by atoms with Crippen molar-refractivity contribution in [1.29, 1.82) is 0 Å². The van der Waals surface area contributed by atoms with Gasteiger partial charge >= 0.3 is 0 Å². The van der Waals surface area contributed by atoms with Crippen molar-refractivity contribution >= 4 is 11.8 Å². The fourth-order valence-corrected chi connectivity index (χ4v) is 1.19. The largest absolute Gasteiger partial charge is 0.352 e. The van der Waals surface area contributed by atoms with Crippen molar-refractivity contribution in [3.8, 4) is 0 Å². The lowest BCUT2D eigenvalue weighted by Gasteiger charge is -2.15. The first kappa shape index (κ1) is 11.9. The summed E-state index contributed by atoms with van der Waals surface area (Å²) in [6.07, 6.45) is 2.49. The molecule has 0 atom stereocenters. The molecular weight excluding hydrogens is 196 g/mol. The van der Waals surface area contributed by atoms with Crippen LogP contribution in [0.15, 0.2) is 0 Å². The van der Waals surface area contributed by atoms with Gasteiger partial charge in [-0.15, -0.1) is 0 Å². The molecule has 0 bridgehead atoms. The molecule has 6 heteroatoms. The Morgan fingerprint density at radius 1 is 1.40 bits per heavy atom. The Labute approximate surface area is 89.1 Å². The van der Waals surface area contributed by atoms with Gasteiger partial charge in [-0.05, 0) is 19.9 Å². The monoisotopic (exact) mass is 214 g/mol. The van der Waals surface area contributed by atoms with Gasteiger partial charge in [0.05, 0.1) is 6.54 Å². The first-order valence-corrected chi connectivity index (χ1v) is 5.09. The molecule has 0 radical (unpaired) electrons. The quantitative estimate of drug-likeness (QED) is 0.287. The maximum atomic E-state index is 11.3. The van der Waals surface area contributed by atoms with Crippen LogP contribution in [0.4, 0.5) is 0 Å². The highest BCUT2D eigenvalue weighted by Gasteiger charge is 2.23. The van der Waals surface area contributed by atoms with Gasteiger partial charge in [0.25, 0.3) is 0 Å². The summed E-state index contributed by atoms with van der Waals surface area (Å²) in [5.74, 6) is 4.74. The average Bonchev–Trinajstić information content (AvgIpc) is 2.97. The molecule has 0 saturated heterocycles. The first-order chi connectivity index (χ1) is 7.11. The zero-order valence-electron chi connectivity index (χ0n) is 8.95. The summed E-state index contributed by atoms with van der Waals surface area (Å²) >= 11 is 0. The van der Waals surface area contributed by atoms with E-state index in [0.29, 0.717) is 25.6 Å². The van der Waals surface area contributed by atoms with Crippen molar-refractivity contribution in [3.05, 3.63) is 0 Å². The summed E-state index contributed by atoms with van der Waals surface area (Å²) < 4.78 is 0. The molecule has 15 heavy (non-hydrogen) atoms. The molecule has 86 valence electrons. The molecule has 0 aliphatic heterocycles. The zero-order valence-corrected chi connectivity index (χ0v) is 8.95. The summed E-state index contributed by atoms with van der Waals surface area (Å²) in [5.41, 5.74) is 2.05. The van der Waals surface area contributed by atoms with E-state index in [1.807, 2.05) is 5.43 Å². The third-order valence-corrected chi connectivity index (χ3v) is 2.24.